The third-order valence-electron chi connectivity index (χ3n) is 3.21. The third kappa shape index (κ3) is 1.79. The van der Waals surface area contributed by atoms with Crippen molar-refractivity contribution in [2.24, 2.45) is 15.4 Å². The van der Waals surface area contributed by atoms with E-state index in [1.807, 2.05) is 43.2 Å². The molecule has 0 amide bonds. The summed E-state index contributed by atoms with van der Waals surface area (Å²) < 4.78 is 0. The topological polar surface area (TPSA) is 54.1 Å². The molecule has 92 valence electrons. The lowest BCUT2D eigenvalue weighted by Gasteiger charge is -2.08. The second-order valence-corrected chi connectivity index (χ2v) is 4.26. The number of rotatable bonds is 2. The molecule has 1 heterocycles. The molecule has 0 saturated carbocycles. The number of nitrogens with zero attached hydrogens (tertiary/aromatic N) is 3. The van der Waals surface area contributed by atoms with Gasteiger partial charge in [-0.1, -0.05) is 37.3 Å². The number of benzene rings is 2. The van der Waals surface area contributed by atoms with Crippen LogP contribution in [0.15, 0.2) is 51.8 Å². The normalized spacial score (nSPS) is 11.8. The third-order valence-corrected chi connectivity index (χ3v) is 3.21. The lowest BCUT2D eigenvalue weighted by Crippen LogP contribution is -2.19. The standard InChI is InChI=1S/C15H11N3O/c1-2-12-11(9-19)8-13-15(17-18-16-13)14(12)10-6-4-3-5-7-10/h3-8H,2H2,1H3. The van der Waals surface area contributed by atoms with E-state index in [4.69, 9.17) is 0 Å². The van der Waals surface area contributed by atoms with Gasteiger partial charge in [0.15, 0.2) is 0 Å². The van der Waals surface area contributed by atoms with Gasteiger partial charge in [-0.3, -0.25) is 0 Å². The maximum Gasteiger partial charge on any atom is 0.132 e. The largest absolute Gasteiger partial charge is 0.233 e. The Kier molecular flexibility index (Phi) is 2.78. The molecule has 0 spiro atoms. The molecule has 0 atom stereocenters. The van der Waals surface area contributed by atoms with Gasteiger partial charge >= 0.3 is 0 Å². The van der Waals surface area contributed by atoms with E-state index in [0.717, 1.165) is 28.5 Å². The molecule has 4 nitrogen and oxygen atoms in total. The van der Waals surface area contributed by atoms with Crippen LogP contribution in [0, 0.1) is 0 Å². The highest BCUT2D eigenvalue weighted by atomic mass is 16.1. The molecule has 0 radical (unpaired) electrons. The van der Waals surface area contributed by atoms with Crippen LogP contribution in [0.5, 0.6) is 0 Å². The second-order valence-electron chi connectivity index (χ2n) is 4.26. The summed E-state index contributed by atoms with van der Waals surface area (Å²) in [5, 5.41) is 13.0. The van der Waals surface area contributed by atoms with Gasteiger partial charge in [-0.15, -0.1) is 10.2 Å². The monoisotopic (exact) mass is 249 g/mol. The van der Waals surface area contributed by atoms with Crippen LogP contribution in [-0.2, 0) is 11.2 Å². The maximum atomic E-state index is 11.1. The van der Waals surface area contributed by atoms with E-state index < -0.39 is 0 Å². The Balaban J connectivity index is 2.48. The van der Waals surface area contributed by atoms with E-state index in [2.05, 4.69) is 15.4 Å². The molecule has 0 aromatic heterocycles. The number of hydrogen-bond acceptors (Lipinski definition) is 4. The fourth-order valence-electron chi connectivity index (χ4n) is 2.36. The Labute approximate surface area is 109 Å². The first-order valence-corrected chi connectivity index (χ1v) is 6.10. The van der Waals surface area contributed by atoms with Gasteiger partial charge in [0.1, 0.15) is 17.0 Å². The minimum absolute atomic E-state index is 0.538. The fourth-order valence-corrected chi connectivity index (χ4v) is 2.36. The first-order valence-electron chi connectivity index (χ1n) is 6.10. The molecule has 19 heavy (non-hydrogen) atoms. The molecule has 1 aliphatic rings. The summed E-state index contributed by atoms with van der Waals surface area (Å²) in [6, 6.07) is 11.6. The van der Waals surface area contributed by atoms with Gasteiger partial charge in [-0.25, -0.2) is 4.79 Å². The van der Waals surface area contributed by atoms with Crippen LogP contribution in [0.4, 0.5) is 5.69 Å². The van der Waals surface area contributed by atoms with E-state index >= 15 is 0 Å². The minimum atomic E-state index is 0.538. The summed E-state index contributed by atoms with van der Waals surface area (Å²) in [7, 11) is 0. The van der Waals surface area contributed by atoms with Crippen LogP contribution in [0.2, 0.25) is 0 Å². The number of carbonyl (C=O) groups excluding carboxylic acids is 1. The number of fused-ring (bicyclic) bond motifs is 1. The van der Waals surface area contributed by atoms with Crippen molar-refractivity contribution in [2.45, 2.75) is 13.3 Å². The molecule has 0 fully saturated rings. The van der Waals surface area contributed by atoms with Gasteiger partial charge in [-0.2, -0.15) is 0 Å². The fraction of sp³-hybridized carbons (Fsp3) is 0.133. The van der Waals surface area contributed by atoms with Gasteiger partial charge in [0.05, 0.1) is 5.22 Å². The van der Waals surface area contributed by atoms with Crippen LogP contribution in [-0.4, -0.2) is 5.94 Å². The molecule has 0 N–H and O–H groups in total. The molecule has 3 rings (SSSR count). The summed E-state index contributed by atoms with van der Waals surface area (Å²) in [4.78, 5) is 11.1. The van der Waals surface area contributed by atoms with Crippen LogP contribution in [0.25, 0.3) is 11.1 Å². The Hall–Kier alpha value is -2.58. The van der Waals surface area contributed by atoms with Crippen molar-refractivity contribution >= 4 is 11.6 Å². The molecular weight excluding hydrogens is 238 g/mol. The van der Waals surface area contributed by atoms with Crippen molar-refractivity contribution in [2.75, 3.05) is 0 Å². The van der Waals surface area contributed by atoms with E-state index in [1.165, 1.54) is 0 Å². The Bertz CT molecular complexity index is 804. The SMILES string of the molecule is CCc1c(-c2ccccc2)c2c(cc1=C=O)N=NN=2. The van der Waals surface area contributed by atoms with Crippen LogP contribution in [0.1, 0.15) is 12.5 Å². The quantitative estimate of drug-likeness (QED) is 0.803. The summed E-state index contributed by atoms with van der Waals surface area (Å²) in [5.74, 6) is 1.99. The van der Waals surface area contributed by atoms with Crippen molar-refractivity contribution in [1.29, 1.82) is 0 Å². The molecule has 2 aromatic carbocycles. The van der Waals surface area contributed by atoms with Gasteiger partial charge in [-0.05, 0) is 28.8 Å². The van der Waals surface area contributed by atoms with Gasteiger partial charge < -0.3 is 0 Å². The predicted molar refractivity (Wildman–Crippen MR) is 71.3 cm³/mol. The van der Waals surface area contributed by atoms with Crippen molar-refractivity contribution in [1.82, 2.24) is 0 Å². The smallest absolute Gasteiger partial charge is 0.132 e. The number of hydrogen-bond donors (Lipinski definition) is 0. The predicted octanol–water partition coefficient (Wildman–Crippen LogP) is 2.05. The lowest BCUT2D eigenvalue weighted by atomic mass is 9.95. The second kappa shape index (κ2) is 4.59. The summed E-state index contributed by atoms with van der Waals surface area (Å²) >= 11 is 0. The van der Waals surface area contributed by atoms with Crippen molar-refractivity contribution in [3.05, 3.63) is 52.5 Å². The van der Waals surface area contributed by atoms with E-state index in [-0.39, 0.29) is 0 Å². The summed E-state index contributed by atoms with van der Waals surface area (Å²) in [5.41, 5.74) is 3.53. The molecule has 0 saturated heterocycles. The first-order chi connectivity index (χ1) is 9.35. The highest BCUT2D eigenvalue weighted by molar-refractivity contribution is 5.73. The highest BCUT2D eigenvalue weighted by Crippen LogP contribution is 2.22. The molecule has 0 unspecified atom stereocenters. The van der Waals surface area contributed by atoms with E-state index in [0.29, 0.717) is 10.9 Å². The van der Waals surface area contributed by atoms with E-state index in [9.17, 15) is 4.79 Å². The molecule has 1 aliphatic heterocycles. The van der Waals surface area contributed by atoms with Gasteiger partial charge in [0.2, 0.25) is 0 Å². The highest BCUT2D eigenvalue weighted by Gasteiger charge is 2.15. The zero-order valence-electron chi connectivity index (χ0n) is 10.4. The van der Waals surface area contributed by atoms with Crippen molar-refractivity contribution in [3.63, 3.8) is 0 Å². The first kappa shape index (κ1) is 11.5. The van der Waals surface area contributed by atoms with Crippen LogP contribution in [0.3, 0.4) is 0 Å². The van der Waals surface area contributed by atoms with Gasteiger partial charge in [0.25, 0.3) is 0 Å². The summed E-state index contributed by atoms with van der Waals surface area (Å²) in [6.45, 7) is 2.01. The Morgan fingerprint density at radius 2 is 2.00 bits per heavy atom. The van der Waals surface area contributed by atoms with Crippen LogP contribution < -0.4 is 10.6 Å². The average molecular weight is 249 g/mol. The van der Waals surface area contributed by atoms with Gasteiger partial charge in [0, 0.05) is 5.56 Å². The van der Waals surface area contributed by atoms with Crippen molar-refractivity contribution in [3.8, 4) is 11.1 Å². The Morgan fingerprint density at radius 3 is 2.68 bits per heavy atom. The molecular formula is C15H11N3O. The lowest BCUT2D eigenvalue weighted by molar-refractivity contribution is 0.567. The van der Waals surface area contributed by atoms with E-state index in [1.54, 1.807) is 6.07 Å². The zero-order valence-corrected chi connectivity index (χ0v) is 10.4. The minimum Gasteiger partial charge on any atom is -0.233 e. The molecule has 4 heteroatoms. The molecule has 0 bridgehead atoms. The molecule has 2 aromatic rings. The average Bonchev–Trinajstić information content (AvgIpc) is 2.93. The van der Waals surface area contributed by atoms with Crippen molar-refractivity contribution < 1.29 is 4.79 Å². The summed E-state index contributed by atoms with van der Waals surface area (Å²) in [6.07, 6.45) is 0.734. The molecule has 0 aliphatic carbocycles. The zero-order chi connectivity index (χ0) is 13.2. The van der Waals surface area contributed by atoms with Crippen LogP contribution >= 0.6 is 0 Å². The maximum absolute atomic E-state index is 11.1. The Morgan fingerprint density at radius 1 is 1.21 bits per heavy atom.